The minimum atomic E-state index is 0.413. The lowest BCUT2D eigenvalue weighted by molar-refractivity contribution is -0.0257. The number of rotatable bonds is 4. The molecule has 19 heavy (non-hydrogen) atoms. The predicted octanol–water partition coefficient (Wildman–Crippen LogP) is 3.85. The van der Waals surface area contributed by atoms with E-state index in [1.165, 1.54) is 11.1 Å². The van der Waals surface area contributed by atoms with Crippen LogP contribution < -0.4 is 5.32 Å². The second-order valence-electron chi connectivity index (χ2n) is 6.18. The first-order chi connectivity index (χ1) is 9.06. The summed E-state index contributed by atoms with van der Waals surface area (Å²) in [6.45, 7) is 9.79. The second kappa shape index (κ2) is 6.53. The average Bonchev–Trinajstić information content (AvgIpc) is 2.39. The Morgan fingerprint density at radius 1 is 1.26 bits per heavy atom. The zero-order chi connectivity index (χ0) is 13.8. The predicted molar refractivity (Wildman–Crippen MR) is 80.3 cm³/mol. The summed E-state index contributed by atoms with van der Waals surface area (Å²) in [5.74, 6) is 0.610. The Bertz CT molecular complexity index is 402. The van der Waals surface area contributed by atoms with Crippen molar-refractivity contribution in [2.24, 2.45) is 5.92 Å². The summed E-state index contributed by atoms with van der Waals surface area (Å²) in [5.41, 5.74) is 2.71. The van der Waals surface area contributed by atoms with E-state index in [2.05, 4.69) is 57.3 Å². The first-order valence-electron chi connectivity index (χ1n) is 7.50. The van der Waals surface area contributed by atoms with E-state index < -0.39 is 0 Å². The van der Waals surface area contributed by atoms with Crippen LogP contribution in [0.25, 0.3) is 0 Å². The molecule has 1 aromatic carbocycles. The Balaban J connectivity index is 1.93. The van der Waals surface area contributed by atoms with Crippen molar-refractivity contribution in [3.63, 3.8) is 0 Å². The monoisotopic (exact) mass is 261 g/mol. The highest BCUT2D eigenvalue weighted by Crippen LogP contribution is 2.23. The third-order valence-corrected chi connectivity index (χ3v) is 4.09. The van der Waals surface area contributed by atoms with E-state index in [1.807, 2.05) is 0 Å². The van der Waals surface area contributed by atoms with Crippen LogP contribution in [0.2, 0.25) is 0 Å². The Hall–Kier alpha value is -0.860. The van der Waals surface area contributed by atoms with Gasteiger partial charge in [-0.25, -0.2) is 0 Å². The maximum Gasteiger partial charge on any atom is 0.0612 e. The molecule has 0 saturated carbocycles. The molecule has 2 rings (SSSR count). The van der Waals surface area contributed by atoms with Gasteiger partial charge in [0.1, 0.15) is 0 Å². The van der Waals surface area contributed by atoms with Gasteiger partial charge in [0.15, 0.2) is 0 Å². The van der Waals surface area contributed by atoms with Crippen LogP contribution in [0.4, 0.5) is 0 Å². The standard InChI is InChI=1S/C17H27NO/c1-12(2)17-11-16(8-9-19-17)18-14(4)15-7-5-6-13(3)10-15/h5-7,10,12,14,16-18H,8-9,11H2,1-4H3/t14-,16?,17?/m0/s1. The molecule has 1 aliphatic rings. The summed E-state index contributed by atoms with van der Waals surface area (Å²) in [7, 11) is 0. The molecule has 2 unspecified atom stereocenters. The Kier molecular flexibility index (Phi) is 5.00. The van der Waals surface area contributed by atoms with Gasteiger partial charge in [-0.05, 0) is 38.2 Å². The van der Waals surface area contributed by atoms with Crippen molar-refractivity contribution in [3.8, 4) is 0 Å². The van der Waals surface area contributed by atoms with Crippen LogP contribution in [0.5, 0.6) is 0 Å². The van der Waals surface area contributed by atoms with E-state index in [0.717, 1.165) is 19.4 Å². The third-order valence-electron chi connectivity index (χ3n) is 4.09. The SMILES string of the molecule is Cc1cccc([C@H](C)NC2CCOC(C(C)C)C2)c1. The van der Waals surface area contributed by atoms with Crippen molar-refractivity contribution < 1.29 is 4.74 Å². The molecule has 3 atom stereocenters. The zero-order valence-electron chi connectivity index (χ0n) is 12.6. The van der Waals surface area contributed by atoms with Gasteiger partial charge in [-0.1, -0.05) is 43.7 Å². The van der Waals surface area contributed by atoms with E-state index in [1.54, 1.807) is 0 Å². The molecule has 0 spiro atoms. The van der Waals surface area contributed by atoms with E-state index in [4.69, 9.17) is 4.74 Å². The van der Waals surface area contributed by atoms with Gasteiger partial charge < -0.3 is 10.1 Å². The maximum absolute atomic E-state index is 5.84. The second-order valence-corrected chi connectivity index (χ2v) is 6.18. The highest BCUT2D eigenvalue weighted by molar-refractivity contribution is 5.24. The molecule has 0 amide bonds. The summed E-state index contributed by atoms with van der Waals surface area (Å²) in [5, 5.41) is 3.77. The van der Waals surface area contributed by atoms with Crippen LogP contribution in [-0.4, -0.2) is 18.8 Å². The lowest BCUT2D eigenvalue weighted by atomic mass is 9.94. The minimum Gasteiger partial charge on any atom is -0.378 e. The molecule has 0 aliphatic carbocycles. The van der Waals surface area contributed by atoms with Crippen LogP contribution in [0.1, 0.15) is 50.8 Å². The number of nitrogens with one attached hydrogen (secondary N) is 1. The molecule has 1 fully saturated rings. The lowest BCUT2D eigenvalue weighted by Gasteiger charge is -2.34. The summed E-state index contributed by atoms with van der Waals surface area (Å²) >= 11 is 0. The third kappa shape index (κ3) is 4.05. The molecule has 1 aliphatic heterocycles. The van der Waals surface area contributed by atoms with Crippen molar-refractivity contribution in [2.75, 3.05) is 6.61 Å². The van der Waals surface area contributed by atoms with E-state index in [0.29, 0.717) is 24.1 Å². The molecular weight excluding hydrogens is 234 g/mol. The molecular formula is C17H27NO. The molecule has 2 heteroatoms. The molecule has 1 aromatic rings. The van der Waals surface area contributed by atoms with Gasteiger partial charge >= 0.3 is 0 Å². The number of benzene rings is 1. The van der Waals surface area contributed by atoms with Gasteiger partial charge in [-0.3, -0.25) is 0 Å². The van der Waals surface area contributed by atoms with E-state index in [-0.39, 0.29) is 0 Å². The fourth-order valence-electron chi connectivity index (χ4n) is 2.83. The fourth-order valence-corrected chi connectivity index (χ4v) is 2.83. The van der Waals surface area contributed by atoms with Crippen LogP contribution in [0.3, 0.4) is 0 Å². The van der Waals surface area contributed by atoms with Crippen molar-refractivity contribution in [1.82, 2.24) is 5.32 Å². The number of aryl methyl sites for hydroxylation is 1. The van der Waals surface area contributed by atoms with Crippen LogP contribution in [0.15, 0.2) is 24.3 Å². The number of ether oxygens (including phenoxy) is 1. The Morgan fingerprint density at radius 2 is 2.05 bits per heavy atom. The van der Waals surface area contributed by atoms with Crippen molar-refractivity contribution in [1.29, 1.82) is 0 Å². The van der Waals surface area contributed by atoms with Gasteiger partial charge in [0.2, 0.25) is 0 Å². The Morgan fingerprint density at radius 3 is 2.74 bits per heavy atom. The summed E-state index contributed by atoms with van der Waals surface area (Å²) < 4.78 is 5.84. The molecule has 0 aromatic heterocycles. The molecule has 0 bridgehead atoms. The smallest absolute Gasteiger partial charge is 0.0612 e. The van der Waals surface area contributed by atoms with Gasteiger partial charge in [-0.2, -0.15) is 0 Å². The van der Waals surface area contributed by atoms with Gasteiger partial charge in [0.05, 0.1) is 6.10 Å². The van der Waals surface area contributed by atoms with Gasteiger partial charge in [0.25, 0.3) is 0 Å². The lowest BCUT2D eigenvalue weighted by Crippen LogP contribution is -2.41. The highest BCUT2D eigenvalue weighted by Gasteiger charge is 2.25. The first kappa shape index (κ1) is 14.5. The molecule has 1 heterocycles. The van der Waals surface area contributed by atoms with Gasteiger partial charge in [0, 0.05) is 18.7 Å². The average molecular weight is 261 g/mol. The van der Waals surface area contributed by atoms with Crippen LogP contribution in [0, 0.1) is 12.8 Å². The fraction of sp³-hybridized carbons (Fsp3) is 0.647. The summed E-state index contributed by atoms with van der Waals surface area (Å²) in [6, 6.07) is 9.77. The molecule has 0 radical (unpaired) electrons. The molecule has 1 N–H and O–H groups in total. The van der Waals surface area contributed by atoms with Crippen LogP contribution >= 0.6 is 0 Å². The Labute approximate surface area is 117 Å². The van der Waals surface area contributed by atoms with Gasteiger partial charge in [-0.15, -0.1) is 0 Å². The number of hydrogen-bond donors (Lipinski definition) is 1. The molecule has 2 nitrogen and oxygen atoms in total. The van der Waals surface area contributed by atoms with E-state index in [9.17, 15) is 0 Å². The minimum absolute atomic E-state index is 0.413. The summed E-state index contributed by atoms with van der Waals surface area (Å²) in [6.07, 6.45) is 2.67. The molecule has 106 valence electrons. The first-order valence-corrected chi connectivity index (χ1v) is 7.50. The largest absolute Gasteiger partial charge is 0.378 e. The van der Waals surface area contributed by atoms with Crippen LogP contribution in [-0.2, 0) is 4.74 Å². The highest BCUT2D eigenvalue weighted by atomic mass is 16.5. The quantitative estimate of drug-likeness (QED) is 0.889. The normalized spacial score (nSPS) is 25.5. The van der Waals surface area contributed by atoms with Crippen molar-refractivity contribution in [2.45, 2.75) is 58.7 Å². The van der Waals surface area contributed by atoms with Crippen molar-refractivity contribution in [3.05, 3.63) is 35.4 Å². The molecule has 1 saturated heterocycles. The maximum atomic E-state index is 5.84. The van der Waals surface area contributed by atoms with E-state index >= 15 is 0 Å². The topological polar surface area (TPSA) is 21.3 Å². The zero-order valence-corrected chi connectivity index (χ0v) is 12.6. The van der Waals surface area contributed by atoms with Crippen molar-refractivity contribution >= 4 is 0 Å². The summed E-state index contributed by atoms with van der Waals surface area (Å²) in [4.78, 5) is 0. The number of hydrogen-bond acceptors (Lipinski definition) is 2.